The van der Waals surface area contributed by atoms with Crippen molar-refractivity contribution in [3.63, 3.8) is 0 Å². The first-order chi connectivity index (χ1) is 7.33. The van der Waals surface area contributed by atoms with Gasteiger partial charge in [0.2, 0.25) is 0 Å². The minimum absolute atomic E-state index is 0.323. The highest BCUT2D eigenvalue weighted by atomic mass is 32.1. The fourth-order valence-electron chi connectivity index (χ4n) is 1.89. The molecule has 15 heavy (non-hydrogen) atoms. The van der Waals surface area contributed by atoms with Crippen molar-refractivity contribution in [2.75, 3.05) is 0 Å². The molecule has 2 aromatic heterocycles. The third-order valence-electron chi connectivity index (χ3n) is 2.59. The van der Waals surface area contributed by atoms with Crippen LogP contribution in [0.3, 0.4) is 0 Å². The fraction of sp³-hybridized carbons (Fsp3) is 0.400. The van der Waals surface area contributed by atoms with Gasteiger partial charge in [-0.1, -0.05) is 0 Å². The number of thiophene rings is 1. The Bertz CT molecular complexity index is 514. The Morgan fingerprint density at radius 2 is 2.20 bits per heavy atom. The van der Waals surface area contributed by atoms with Crippen LogP contribution in [0.15, 0.2) is 15.3 Å². The molecule has 0 N–H and O–H groups in total. The maximum atomic E-state index is 10.9. The fourth-order valence-corrected chi connectivity index (χ4v) is 3.53. The average molecular weight is 239 g/mol. The predicted octanol–water partition coefficient (Wildman–Crippen LogP) is 2.70. The Hall–Kier alpha value is -0.940. The van der Waals surface area contributed by atoms with Crippen molar-refractivity contribution in [2.45, 2.75) is 25.7 Å². The molecule has 0 amide bonds. The van der Waals surface area contributed by atoms with Crippen molar-refractivity contribution in [3.05, 3.63) is 26.2 Å². The van der Waals surface area contributed by atoms with Crippen molar-refractivity contribution in [2.24, 2.45) is 0 Å². The molecule has 0 bridgehead atoms. The number of hydrogen-bond acceptors (Lipinski definition) is 5. The average Bonchev–Trinajstić information content (AvgIpc) is 2.82. The molecule has 78 valence electrons. The molecule has 2 aromatic rings. The lowest BCUT2D eigenvalue weighted by molar-refractivity contribution is 0.544. The molecule has 1 aliphatic rings. The molecule has 0 fully saturated rings. The zero-order chi connectivity index (χ0) is 10.3. The lowest BCUT2D eigenvalue weighted by atomic mass is 9.99. The molecule has 3 rings (SSSR count). The highest BCUT2D eigenvalue weighted by Gasteiger charge is 2.16. The molecule has 1 aliphatic carbocycles. The first-order valence-corrected chi connectivity index (χ1v) is 6.51. The highest BCUT2D eigenvalue weighted by molar-refractivity contribution is 7.15. The number of aromatic nitrogens is 1. The first-order valence-electron chi connectivity index (χ1n) is 4.92. The van der Waals surface area contributed by atoms with Gasteiger partial charge in [0.25, 0.3) is 5.89 Å². The number of fused-ring (bicyclic) bond motifs is 1. The van der Waals surface area contributed by atoms with Gasteiger partial charge in [0, 0.05) is 4.88 Å². The topological polar surface area (TPSA) is 43.1 Å². The number of aryl methyl sites for hydroxylation is 2. The van der Waals surface area contributed by atoms with Crippen LogP contribution in [0, 0.1) is 0 Å². The third-order valence-corrected chi connectivity index (χ3v) is 4.31. The van der Waals surface area contributed by atoms with Gasteiger partial charge in [-0.15, -0.1) is 15.7 Å². The Morgan fingerprint density at radius 3 is 2.93 bits per heavy atom. The van der Waals surface area contributed by atoms with E-state index in [1.165, 1.54) is 23.3 Å². The Balaban J connectivity index is 2.06. The summed E-state index contributed by atoms with van der Waals surface area (Å²) in [6.45, 7) is 0. The van der Waals surface area contributed by atoms with E-state index < -0.39 is 0 Å². The van der Waals surface area contributed by atoms with Gasteiger partial charge in [0.1, 0.15) is 0 Å². The summed E-state index contributed by atoms with van der Waals surface area (Å²) < 4.78 is 9.01. The van der Waals surface area contributed by atoms with Crippen molar-refractivity contribution in [1.82, 2.24) is 4.37 Å². The molecule has 5 heteroatoms. The van der Waals surface area contributed by atoms with Crippen molar-refractivity contribution < 1.29 is 4.42 Å². The van der Waals surface area contributed by atoms with Crippen LogP contribution in [-0.2, 0) is 12.8 Å². The van der Waals surface area contributed by atoms with E-state index in [-0.39, 0.29) is 4.94 Å². The van der Waals surface area contributed by atoms with Gasteiger partial charge < -0.3 is 4.42 Å². The van der Waals surface area contributed by atoms with E-state index >= 15 is 0 Å². The maximum Gasteiger partial charge on any atom is 0.414 e. The molecule has 0 saturated carbocycles. The third kappa shape index (κ3) is 1.66. The molecule has 0 saturated heterocycles. The molecular weight excluding hydrogens is 230 g/mol. The molecule has 0 radical (unpaired) electrons. The van der Waals surface area contributed by atoms with Crippen LogP contribution in [0.5, 0.6) is 0 Å². The van der Waals surface area contributed by atoms with E-state index in [9.17, 15) is 4.79 Å². The van der Waals surface area contributed by atoms with Crippen LogP contribution in [0.25, 0.3) is 10.8 Å². The molecule has 0 aromatic carbocycles. The van der Waals surface area contributed by atoms with E-state index in [0.717, 1.165) is 29.3 Å². The lowest BCUT2D eigenvalue weighted by Crippen LogP contribution is -1.96. The van der Waals surface area contributed by atoms with Gasteiger partial charge >= 0.3 is 4.94 Å². The first kappa shape index (κ1) is 9.30. The normalized spacial score (nSPS) is 15.2. The SMILES string of the molecule is O=c1oc(-c2cc3c(s2)CCCC3)ns1. The van der Waals surface area contributed by atoms with E-state index in [1.807, 2.05) is 0 Å². The Kier molecular flexibility index (Phi) is 2.21. The van der Waals surface area contributed by atoms with Gasteiger partial charge in [-0.3, -0.25) is 0 Å². The van der Waals surface area contributed by atoms with Crippen LogP contribution in [-0.4, -0.2) is 4.37 Å². The summed E-state index contributed by atoms with van der Waals surface area (Å²) in [5.74, 6) is 0.490. The summed E-state index contributed by atoms with van der Waals surface area (Å²) in [6.07, 6.45) is 4.85. The Labute approximate surface area is 94.6 Å². The minimum atomic E-state index is -0.323. The second kappa shape index (κ2) is 3.57. The molecular formula is C10H9NO2S2. The van der Waals surface area contributed by atoms with Gasteiger partial charge in [0.05, 0.1) is 16.4 Å². The summed E-state index contributed by atoms with van der Waals surface area (Å²) in [5.41, 5.74) is 1.41. The van der Waals surface area contributed by atoms with Crippen LogP contribution >= 0.6 is 22.9 Å². The van der Waals surface area contributed by atoms with Crippen LogP contribution < -0.4 is 4.94 Å². The predicted molar refractivity (Wildman–Crippen MR) is 60.6 cm³/mol. The molecule has 2 heterocycles. The summed E-state index contributed by atoms with van der Waals surface area (Å²) in [7, 11) is 0. The quantitative estimate of drug-likeness (QED) is 0.768. The lowest BCUT2D eigenvalue weighted by Gasteiger charge is -2.08. The summed E-state index contributed by atoms with van der Waals surface area (Å²) in [4.78, 5) is 13.0. The summed E-state index contributed by atoms with van der Waals surface area (Å²) >= 11 is 2.59. The molecule has 0 atom stereocenters. The molecule has 0 spiro atoms. The standard InChI is InChI=1S/C10H9NO2S2/c12-10-13-9(11-15-10)8-5-6-3-1-2-4-7(6)14-8/h5H,1-4H2. The summed E-state index contributed by atoms with van der Waals surface area (Å²) in [5, 5.41) is 0. The van der Waals surface area contributed by atoms with E-state index in [2.05, 4.69) is 10.4 Å². The molecule has 3 nitrogen and oxygen atoms in total. The second-order valence-electron chi connectivity index (χ2n) is 3.61. The van der Waals surface area contributed by atoms with E-state index in [0.29, 0.717) is 5.89 Å². The largest absolute Gasteiger partial charge is 0.414 e. The van der Waals surface area contributed by atoms with Crippen molar-refractivity contribution in [3.8, 4) is 10.8 Å². The van der Waals surface area contributed by atoms with Gasteiger partial charge in [-0.25, -0.2) is 4.79 Å². The van der Waals surface area contributed by atoms with E-state index in [1.54, 1.807) is 11.3 Å². The number of nitrogens with zero attached hydrogens (tertiary/aromatic N) is 1. The number of rotatable bonds is 1. The minimum Gasteiger partial charge on any atom is -0.393 e. The number of hydrogen-bond donors (Lipinski definition) is 0. The molecule has 0 aliphatic heterocycles. The van der Waals surface area contributed by atoms with Crippen LogP contribution in [0.4, 0.5) is 0 Å². The zero-order valence-electron chi connectivity index (χ0n) is 7.99. The van der Waals surface area contributed by atoms with Crippen molar-refractivity contribution in [1.29, 1.82) is 0 Å². The Morgan fingerprint density at radius 1 is 1.33 bits per heavy atom. The van der Waals surface area contributed by atoms with Crippen molar-refractivity contribution >= 4 is 22.9 Å². The van der Waals surface area contributed by atoms with Gasteiger partial charge in [-0.2, -0.15) is 0 Å². The van der Waals surface area contributed by atoms with Gasteiger partial charge in [-0.05, 0) is 37.3 Å². The second-order valence-corrected chi connectivity index (χ2v) is 5.44. The van der Waals surface area contributed by atoms with Gasteiger partial charge in [0.15, 0.2) is 0 Å². The van der Waals surface area contributed by atoms with Crippen LogP contribution in [0.1, 0.15) is 23.3 Å². The maximum absolute atomic E-state index is 10.9. The smallest absolute Gasteiger partial charge is 0.393 e. The highest BCUT2D eigenvalue weighted by Crippen LogP contribution is 2.34. The monoisotopic (exact) mass is 239 g/mol. The zero-order valence-corrected chi connectivity index (χ0v) is 9.62. The molecule has 0 unspecified atom stereocenters. The summed E-state index contributed by atoms with van der Waals surface area (Å²) in [6, 6.07) is 2.12. The van der Waals surface area contributed by atoms with Crippen LogP contribution in [0.2, 0.25) is 0 Å². The van der Waals surface area contributed by atoms with E-state index in [4.69, 9.17) is 4.42 Å².